The molecule has 1 rings (SSSR count). The third kappa shape index (κ3) is 4.40. The molecule has 1 amide bonds. The fourth-order valence-electron chi connectivity index (χ4n) is 1.87. The molecule has 0 spiro atoms. The van der Waals surface area contributed by atoms with E-state index in [2.05, 4.69) is 5.32 Å². The lowest BCUT2D eigenvalue weighted by Crippen LogP contribution is -2.47. The first-order valence-corrected chi connectivity index (χ1v) is 8.35. The zero-order chi connectivity index (χ0) is 13.8. The van der Waals surface area contributed by atoms with Crippen LogP contribution < -0.4 is 5.32 Å². The van der Waals surface area contributed by atoms with Gasteiger partial charge in [0.25, 0.3) is 0 Å². The van der Waals surface area contributed by atoms with E-state index in [1.807, 2.05) is 13.8 Å². The highest BCUT2D eigenvalue weighted by Gasteiger charge is 2.28. The molecule has 1 saturated heterocycles. The minimum atomic E-state index is -3.21. The Hall–Kier alpha value is -0.330. The van der Waals surface area contributed by atoms with Gasteiger partial charge >= 0.3 is 0 Å². The van der Waals surface area contributed by atoms with E-state index >= 15 is 0 Å². The van der Waals surface area contributed by atoms with Crippen LogP contribution in [0.3, 0.4) is 0 Å². The molecule has 1 aliphatic rings. The normalized spacial score (nSPS) is 19.1. The highest BCUT2D eigenvalue weighted by molar-refractivity contribution is 7.89. The topological polar surface area (TPSA) is 66.5 Å². The number of carbonyl (C=O) groups excluding carboxylic acids is 1. The van der Waals surface area contributed by atoms with Crippen molar-refractivity contribution in [1.82, 2.24) is 9.62 Å². The van der Waals surface area contributed by atoms with Crippen LogP contribution >= 0.6 is 11.6 Å². The Balaban J connectivity index is 2.44. The molecule has 0 unspecified atom stereocenters. The van der Waals surface area contributed by atoms with Crippen LogP contribution in [0, 0.1) is 5.92 Å². The number of amides is 1. The van der Waals surface area contributed by atoms with Gasteiger partial charge in [0, 0.05) is 30.9 Å². The summed E-state index contributed by atoms with van der Waals surface area (Å²) in [4.78, 5) is 11.5. The predicted octanol–water partition coefficient (Wildman–Crippen LogP) is 0.792. The van der Waals surface area contributed by atoms with E-state index in [0.717, 1.165) is 0 Å². The molecule has 1 heterocycles. The first-order valence-electron chi connectivity index (χ1n) is 6.21. The quantitative estimate of drug-likeness (QED) is 0.763. The molecule has 0 saturated carbocycles. The Morgan fingerprint density at radius 3 is 2.39 bits per heavy atom. The molecule has 0 atom stereocenters. The van der Waals surface area contributed by atoms with Crippen LogP contribution in [0.1, 0.15) is 26.7 Å². The van der Waals surface area contributed by atoms with Crippen LogP contribution in [0.2, 0.25) is 0 Å². The van der Waals surface area contributed by atoms with E-state index in [9.17, 15) is 13.2 Å². The lowest BCUT2D eigenvalue weighted by Gasteiger charge is -2.31. The van der Waals surface area contributed by atoms with Gasteiger partial charge in [-0.2, -0.15) is 0 Å². The van der Waals surface area contributed by atoms with Crippen LogP contribution in [0.5, 0.6) is 0 Å². The lowest BCUT2D eigenvalue weighted by atomic mass is 10.1. The number of halogens is 1. The fourth-order valence-corrected chi connectivity index (χ4v) is 3.68. The molecule has 106 valence electrons. The van der Waals surface area contributed by atoms with Gasteiger partial charge in [-0.05, 0) is 12.8 Å². The summed E-state index contributed by atoms with van der Waals surface area (Å²) in [5, 5.41) is 2.94. The summed E-state index contributed by atoms with van der Waals surface area (Å²) in [5.41, 5.74) is 0. The van der Waals surface area contributed by atoms with E-state index in [-0.39, 0.29) is 29.5 Å². The maximum absolute atomic E-state index is 11.8. The maximum Gasteiger partial charge on any atom is 0.222 e. The molecule has 0 aromatic carbocycles. The highest BCUT2D eigenvalue weighted by Crippen LogP contribution is 2.15. The summed E-state index contributed by atoms with van der Waals surface area (Å²) in [7, 11) is -3.21. The van der Waals surface area contributed by atoms with Gasteiger partial charge in [-0.1, -0.05) is 13.8 Å². The van der Waals surface area contributed by atoms with Crippen molar-refractivity contribution in [2.24, 2.45) is 5.92 Å². The number of nitrogens with zero attached hydrogens (tertiary/aromatic N) is 1. The number of rotatable bonds is 5. The van der Waals surface area contributed by atoms with Gasteiger partial charge in [0.2, 0.25) is 15.9 Å². The Morgan fingerprint density at radius 2 is 1.94 bits per heavy atom. The second kappa shape index (κ2) is 6.73. The molecule has 0 aromatic heterocycles. The SMILES string of the molecule is CC(C)C(=O)NC1CCN(S(=O)(=O)CCCl)CC1. The number of piperidine rings is 1. The van der Waals surface area contributed by atoms with Crippen molar-refractivity contribution in [3.8, 4) is 0 Å². The number of nitrogens with one attached hydrogen (secondary N) is 1. The number of alkyl halides is 1. The summed E-state index contributed by atoms with van der Waals surface area (Å²) in [6.07, 6.45) is 1.33. The van der Waals surface area contributed by atoms with Crippen molar-refractivity contribution in [1.29, 1.82) is 0 Å². The number of sulfonamides is 1. The molecular formula is C11H21ClN2O3S. The van der Waals surface area contributed by atoms with Crippen molar-refractivity contribution in [3.05, 3.63) is 0 Å². The molecule has 1 N–H and O–H groups in total. The van der Waals surface area contributed by atoms with Gasteiger partial charge in [0.05, 0.1) is 5.75 Å². The Labute approximate surface area is 114 Å². The minimum absolute atomic E-state index is 0.0163. The van der Waals surface area contributed by atoms with E-state index in [0.29, 0.717) is 25.9 Å². The molecule has 5 nitrogen and oxygen atoms in total. The molecule has 7 heteroatoms. The largest absolute Gasteiger partial charge is 0.353 e. The summed E-state index contributed by atoms with van der Waals surface area (Å²) in [6.45, 7) is 4.61. The van der Waals surface area contributed by atoms with Gasteiger partial charge in [-0.15, -0.1) is 11.6 Å². The third-order valence-electron chi connectivity index (χ3n) is 3.05. The van der Waals surface area contributed by atoms with Gasteiger partial charge in [-0.3, -0.25) is 4.79 Å². The van der Waals surface area contributed by atoms with Crippen molar-refractivity contribution in [3.63, 3.8) is 0 Å². The van der Waals surface area contributed by atoms with Crippen LogP contribution in [-0.2, 0) is 14.8 Å². The van der Waals surface area contributed by atoms with E-state index in [1.54, 1.807) is 0 Å². The molecule has 0 bridgehead atoms. The monoisotopic (exact) mass is 296 g/mol. The van der Waals surface area contributed by atoms with Crippen molar-refractivity contribution < 1.29 is 13.2 Å². The maximum atomic E-state index is 11.8. The summed E-state index contributed by atoms with van der Waals surface area (Å²) in [5.74, 6) is 0.0873. The summed E-state index contributed by atoms with van der Waals surface area (Å²) in [6, 6.07) is 0.0855. The zero-order valence-electron chi connectivity index (χ0n) is 10.9. The van der Waals surface area contributed by atoms with E-state index in [4.69, 9.17) is 11.6 Å². The van der Waals surface area contributed by atoms with Gasteiger partial charge < -0.3 is 5.32 Å². The van der Waals surface area contributed by atoms with Crippen molar-refractivity contribution >= 4 is 27.5 Å². The van der Waals surface area contributed by atoms with Gasteiger partial charge in [-0.25, -0.2) is 12.7 Å². The molecule has 0 radical (unpaired) electrons. The Kier molecular flexibility index (Phi) is 5.88. The Bertz CT molecular complexity index is 376. The second-order valence-electron chi connectivity index (χ2n) is 4.84. The number of hydrogen-bond donors (Lipinski definition) is 1. The predicted molar refractivity (Wildman–Crippen MR) is 72.1 cm³/mol. The molecule has 18 heavy (non-hydrogen) atoms. The van der Waals surface area contributed by atoms with Crippen LogP contribution in [-0.4, -0.2) is 49.4 Å². The highest BCUT2D eigenvalue weighted by atomic mass is 35.5. The van der Waals surface area contributed by atoms with Crippen LogP contribution in [0.25, 0.3) is 0 Å². The van der Waals surface area contributed by atoms with E-state index in [1.165, 1.54) is 4.31 Å². The number of carbonyl (C=O) groups is 1. The summed E-state index contributed by atoms with van der Waals surface area (Å²) >= 11 is 5.47. The average Bonchev–Trinajstić information content (AvgIpc) is 2.29. The van der Waals surface area contributed by atoms with Crippen LogP contribution in [0.15, 0.2) is 0 Å². The first-order chi connectivity index (χ1) is 8.36. The van der Waals surface area contributed by atoms with Gasteiger partial charge in [0.15, 0.2) is 0 Å². The first kappa shape index (κ1) is 15.7. The lowest BCUT2D eigenvalue weighted by molar-refractivity contribution is -0.124. The fraction of sp³-hybridized carbons (Fsp3) is 0.909. The molecule has 1 aliphatic heterocycles. The van der Waals surface area contributed by atoms with Crippen molar-refractivity contribution in [2.75, 3.05) is 24.7 Å². The van der Waals surface area contributed by atoms with Crippen molar-refractivity contribution in [2.45, 2.75) is 32.7 Å². The molecule has 1 fully saturated rings. The smallest absolute Gasteiger partial charge is 0.222 e. The average molecular weight is 297 g/mol. The van der Waals surface area contributed by atoms with Crippen LogP contribution in [0.4, 0.5) is 0 Å². The standard InChI is InChI=1S/C11H21ClN2O3S/c1-9(2)11(15)13-10-3-6-14(7-4-10)18(16,17)8-5-12/h9-10H,3-8H2,1-2H3,(H,13,15). The molecule has 0 aliphatic carbocycles. The Morgan fingerprint density at radius 1 is 1.39 bits per heavy atom. The van der Waals surface area contributed by atoms with Gasteiger partial charge in [0.1, 0.15) is 0 Å². The summed E-state index contributed by atoms with van der Waals surface area (Å²) < 4.78 is 25.0. The number of hydrogen-bond acceptors (Lipinski definition) is 3. The van der Waals surface area contributed by atoms with E-state index < -0.39 is 10.0 Å². The second-order valence-corrected chi connectivity index (χ2v) is 7.31. The molecular weight excluding hydrogens is 276 g/mol. The molecule has 0 aromatic rings. The zero-order valence-corrected chi connectivity index (χ0v) is 12.4. The minimum Gasteiger partial charge on any atom is -0.353 e. The third-order valence-corrected chi connectivity index (χ3v) is 5.34.